The van der Waals surface area contributed by atoms with Crippen LogP contribution in [0.5, 0.6) is 5.75 Å². The van der Waals surface area contributed by atoms with Gasteiger partial charge >= 0.3 is 0 Å². The molecule has 1 N–H and O–H groups in total. The molecule has 1 unspecified atom stereocenters. The van der Waals surface area contributed by atoms with Gasteiger partial charge in [-0.2, -0.15) is 5.10 Å². The van der Waals surface area contributed by atoms with Crippen LogP contribution in [0, 0.1) is 11.7 Å². The predicted octanol–water partition coefficient (Wildman–Crippen LogP) is 3.85. The summed E-state index contributed by atoms with van der Waals surface area (Å²) in [5.74, 6) is 1.60. The monoisotopic (exact) mass is 370 g/mol. The number of halogens is 1. The summed E-state index contributed by atoms with van der Waals surface area (Å²) in [5, 5.41) is 7.47. The number of rotatable bonds is 6. The van der Waals surface area contributed by atoms with Gasteiger partial charge in [0.05, 0.1) is 18.8 Å². The molecule has 3 aromatic rings. The van der Waals surface area contributed by atoms with Gasteiger partial charge in [0.1, 0.15) is 17.4 Å². The molecule has 2 aromatic heterocycles. The third kappa shape index (κ3) is 4.19. The van der Waals surface area contributed by atoms with Gasteiger partial charge in [0.25, 0.3) is 0 Å². The fourth-order valence-corrected chi connectivity index (χ4v) is 3.30. The van der Waals surface area contributed by atoms with Crippen LogP contribution in [-0.4, -0.2) is 34.4 Å². The average Bonchev–Trinajstić information content (AvgIpc) is 3.15. The lowest BCUT2D eigenvalue weighted by Crippen LogP contribution is -2.22. The van der Waals surface area contributed by atoms with Crippen molar-refractivity contribution < 1.29 is 13.9 Å². The minimum atomic E-state index is -0.281. The summed E-state index contributed by atoms with van der Waals surface area (Å²) in [7, 11) is 0. The number of hydrogen-bond acceptors (Lipinski definition) is 5. The van der Waals surface area contributed by atoms with Crippen molar-refractivity contribution in [3.8, 4) is 5.75 Å². The molecule has 1 aliphatic heterocycles. The highest BCUT2D eigenvalue weighted by molar-refractivity contribution is 5.48. The quantitative estimate of drug-likeness (QED) is 0.714. The van der Waals surface area contributed by atoms with Crippen LogP contribution < -0.4 is 10.1 Å². The molecule has 0 amide bonds. The van der Waals surface area contributed by atoms with Gasteiger partial charge in [0, 0.05) is 31.0 Å². The Kier molecular flexibility index (Phi) is 5.20. The average molecular weight is 370 g/mol. The highest BCUT2D eigenvalue weighted by Gasteiger charge is 2.18. The number of ether oxygens (including phenoxy) is 2. The third-order valence-corrected chi connectivity index (χ3v) is 4.88. The zero-order valence-electron chi connectivity index (χ0n) is 15.3. The van der Waals surface area contributed by atoms with Crippen molar-refractivity contribution in [2.45, 2.75) is 25.8 Å². The molecule has 1 saturated heterocycles. The molecule has 6 nitrogen and oxygen atoms in total. The summed E-state index contributed by atoms with van der Waals surface area (Å²) in [6, 6.07) is 8.18. The molecule has 27 heavy (non-hydrogen) atoms. The van der Waals surface area contributed by atoms with E-state index in [0.717, 1.165) is 37.3 Å². The standard InChI is InChI=1S/C20H23FN4O2/c1-14(23-19-5-9-25-20(24-19)4-8-22-25)17-12-16(21)2-3-18(17)27-13-15-6-10-26-11-7-15/h2-5,8-9,12,14-15H,6-7,10-11,13H2,1H3,(H,23,24). The molecule has 142 valence electrons. The smallest absolute Gasteiger partial charge is 0.157 e. The number of aromatic nitrogens is 3. The Labute approximate surface area is 157 Å². The Morgan fingerprint density at radius 1 is 1.30 bits per heavy atom. The number of anilines is 1. The van der Waals surface area contributed by atoms with Crippen LogP contribution >= 0.6 is 0 Å². The molecule has 0 saturated carbocycles. The van der Waals surface area contributed by atoms with Gasteiger partial charge in [-0.15, -0.1) is 0 Å². The molecule has 3 heterocycles. The van der Waals surface area contributed by atoms with E-state index in [2.05, 4.69) is 15.4 Å². The molecular formula is C20H23FN4O2. The second-order valence-electron chi connectivity index (χ2n) is 6.86. The minimum absolute atomic E-state index is 0.164. The van der Waals surface area contributed by atoms with Gasteiger partial charge in [-0.3, -0.25) is 0 Å². The molecule has 1 atom stereocenters. The van der Waals surface area contributed by atoms with E-state index in [9.17, 15) is 4.39 Å². The first-order valence-corrected chi connectivity index (χ1v) is 9.26. The van der Waals surface area contributed by atoms with Gasteiger partial charge in [0.2, 0.25) is 0 Å². The van der Waals surface area contributed by atoms with Crippen LogP contribution in [0.3, 0.4) is 0 Å². The Bertz CT molecular complexity index is 908. The maximum Gasteiger partial charge on any atom is 0.157 e. The van der Waals surface area contributed by atoms with Gasteiger partial charge in [-0.05, 0) is 49.9 Å². The summed E-state index contributed by atoms with van der Waals surface area (Å²) >= 11 is 0. The molecule has 1 aromatic carbocycles. The predicted molar refractivity (Wildman–Crippen MR) is 100 cm³/mol. The van der Waals surface area contributed by atoms with E-state index in [1.165, 1.54) is 12.1 Å². The molecular weight excluding hydrogens is 347 g/mol. The first-order valence-electron chi connectivity index (χ1n) is 9.26. The van der Waals surface area contributed by atoms with Crippen molar-refractivity contribution in [1.29, 1.82) is 0 Å². The van der Waals surface area contributed by atoms with Crippen molar-refractivity contribution in [2.75, 3.05) is 25.1 Å². The third-order valence-electron chi connectivity index (χ3n) is 4.88. The maximum absolute atomic E-state index is 13.9. The molecule has 4 rings (SSSR count). The van der Waals surface area contributed by atoms with Crippen LogP contribution in [0.25, 0.3) is 5.65 Å². The Morgan fingerprint density at radius 3 is 3.00 bits per heavy atom. The van der Waals surface area contributed by atoms with E-state index in [1.807, 2.05) is 25.3 Å². The Balaban J connectivity index is 1.49. The number of nitrogens with zero attached hydrogens (tertiary/aromatic N) is 3. The van der Waals surface area contributed by atoms with E-state index < -0.39 is 0 Å². The topological polar surface area (TPSA) is 60.7 Å². The second-order valence-corrected chi connectivity index (χ2v) is 6.86. The fraction of sp³-hybridized carbons (Fsp3) is 0.400. The number of benzene rings is 1. The van der Waals surface area contributed by atoms with E-state index in [4.69, 9.17) is 9.47 Å². The largest absolute Gasteiger partial charge is 0.493 e. The van der Waals surface area contributed by atoms with E-state index in [1.54, 1.807) is 16.8 Å². The highest BCUT2D eigenvalue weighted by atomic mass is 19.1. The van der Waals surface area contributed by atoms with Crippen molar-refractivity contribution in [1.82, 2.24) is 14.6 Å². The SMILES string of the molecule is CC(Nc1ccn2nccc2n1)c1cc(F)ccc1OCC1CCOCC1. The van der Waals surface area contributed by atoms with Gasteiger partial charge < -0.3 is 14.8 Å². The van der Waals surface area contributed by atoms with E-state index >= 15 is 0 Å². The second kappa shape index (κ2) is 7.92. The van der Waals surface area contributed by atoms with Crippen LogP contribution in [0.15, 0.2) is 42.7 Å². The van der Waals surface area contributed by atoms with Crippen LogP contribution in [0.4, 0.5) is 10.2 Å². The van der Waals surface area contributed by atoms with E-state index in [-0.39, 0.29) is 11.9 Å². The van der Waals surface area contributed by atoms with Gasteiger partial charge in [-0.25, -0.2) is 13.9 Å². The van der Waals surface area contributed by atoms with Crippen LogP contribution in [0.2, 0.25) is 0 Å². The molecule has 0 radical (unpaired) electrons. The number of hydrogen-bond donors (Lipinski definition) is 1. The number of nitrogens with one attached hydrogen (secondary N) is 1. The van der Waals surface area contributed by atoms with Crippen LogP contribution in [-0.2, 0) is 4.74 Å². The Hall–Kier alpha value is -2.67. The van der Waals surface area contributed by atoms with Crippen molar-refractivity contribution >= 4 is 11.5 Å². The van der Waals surface area contributed by atoms with Crippen molar-refractivity contribution in [2.24, 2.45) is 5.92 Å². The molecule has 0 bridgehead atoms. The molecule has 1 aliphatic rings. The lowest BCUT2D eigenvalue weighted by molar-refractivity contribution is 0.0496. The number of fused-ring (bicyclic) bond motifs is 1. The summed E-state index contributed by atoms with van der Waals surface area (Å²) in [5.41, 5.74) is 1.53. The highest BCUT2D eigenvalue weighted by Crippen LogP contribution is 2.29. The van der Waals surface area contributed by atoms with Crippen molar-refractivity contribution in [3.63, 3.8) is 0 Å². The minimum Gasteiger partial charge on any atom is -0.493 e. The summed E-state index contributed by atoms with van der Waals surface area (Å²) in [6.07, 6.45) is 5.54. The van der Waals surface area contributed by atoms with Crippen LogP contribution in [0.1, 0.15) is 31.4 Å². The van der Waals surface area contributed by atoms with Crippen molar-refractivity contribution in [3.05, 3.63) is 54.1 Å². The fourth-order valence-electron chi connectivity index (χ4n) is 3.30. The summed E-state index contributed by atoms with van der Waals surface area (Å²) in [4.78, 5) is 4.51. The van der Waals surface area contributed by atoms with E-state index in [0.29, 0.717) is 24.1 Å². The van der Waals surface area contributed by atoms with Gasteiger partial charge in [-0.1, -0.05) is 0 Å². The molecule has 0 aliphatic carbocycles. The first kappa shape index (κ1) is 17.7. The molecule has 1 fully saturated rings. The lowest BCUT2D eigenvalue weighted by Gasteiger charge is -2.24. The zero-order valence-corrected chi connectivity index (χ0v) is 15.3. The summed E-state index contributed by atoms with van der Waals surface area (Å²) in [6.45, 7) is 4.16. The molecule has 0 spiro atoms. The molecule has 7 heteroatoms. The Morgan fingerprint density at radius 2 is 2.15 bits per heavy atom. The lowest BCUT2D eigenvalue weighted by atomic mass is 10.0. The summed E-state index contributed by atoms with van der Waals surface area (Å²) < 4.78 is 27.0. The normalized spacial score (nSPS) is 16.4. The van der Waals surface area contributed by atoms with Gasteiger partial charge in [0.15, 0.2) is 5.65 Å². The maximum atomic E-state index is 13.9. The zero-order chi connectivity index (χ0) is 18.6. The first-order chi connectivity index (χ1) is 13.2.